The predicted molar refractivity (Wildman–Crippen MR) is 122 cm³/mol. The molecule has 1 amide bonds. The van der Waals surface area contributed by atoms with Gasteiger partial charge in [-0.05, 0) is 49.9 Å². The molecule has 4 rings (SSSR count). The lowest BCUT2D eigenvalue weighted by molar-refractivity contribution is -0.132. The van der Waals surface area contributed by atoms with Gasteiger partial charge in [0.15, 0.2) is 5.16 Å². The van der Waals surface area contributed by atoms with Crippen molar-refractivity contribution in [3.63, 3.8) is 0 Å². The van der Waals surface area contributed by atoms with Crippen LogP contribution in [-0.2, 0) is 11.2 Å². The van der Waals surface area contributed by atoms with Crippen molar-refractivity contribution in [1.82, 2.24) is 14.5 Å². The summed E-state index contributed by atoms with van der Waals surface area (Å²) in [7, 11) is 0. The Balaban J connectivity index is 1.63. The molecule has 1 saturated heterocycles. The van der Waals surface area contributed by atoms with Crippen molar-refractivity contribution in [2.75, 3.05) is 18.1 Å². The number of thioether (sulfide) groups is 2. The molecule has 0 saturated carbocycles. The van der Waals surface area contributed by atoms with Crippen LogP contribution in [0.25, 0.3) is 5.69 Å². The van der Waals surface area contributed by atoms with Crippen molar-refractivity contribution < 1.29 is 4.79 Å². The largest absolute Gasteiger partial charge is 0.339 e. The second kappa shape index (κ2) is 9.27. The minimum Gasteiger partial charge on any atom is -0.339 e. The van der Waals surface area contributed by atoms with Crippen molar-refractivity contribution in [2.45, 2.75) is 55.1 Å². The second-order valence-corrected chi connectivity index (χ2v) is 10.3. The van der Waals surface area contributed by atoms with E-state index in [0.29, 0.717) is 17.0 Å². The highest BCUT2D eigenvalue weighted by Gasteiger charge is 2.27. The lowest BCUT2D eigenvalue weighted by atomic mass is 10.0. The first-order valence-electron chi connectivity index (χ1n) is 10.1. The molecule has 1 fully saturated rings. The molecule has 154 valence electrons. The van der Waals surface area contributed by atoms with Crippen LogP contribution in [0.4, 0.5) is 0 Å². The summed E-state index contributed by atoms with van der Waals surface area (Å²) >= 11 is 6.40. The van der Waals surface area contributed by atoms with Crippen LogP contribution in [0.1, 0.15) is 38.3 Å². The van der Waals surface area contributed by atoms with Gasteiger partial charge in [0.1, 0.15) is 0 Å². The number of aryl methyl sites for hydroxylation is 1. The zero-order valence-electron chi connectivity index (χ0n) is 16.4. The molecule has 1 aromatic heterocycles. The highest BCUT2D eigenvalue weighted by molar-refractivity contribution is 9.10. The van der Waals surface area contributed by atoms with E-state index in [1.165, 1.54) is 18.2 Å². The summed E-state index contributed by atoms with van der Waals surface area (Å²) in [5.41, 5.74) is 1.62. The van der Waals surface area contributed by atoms with Crippen molar-refractivity contribution in [3.8, 4) is 5.69 Å². The van der Waals surface area contributed by atoms with Crippen LogP contribution in [0.15, 0.2) is 43.6 Å². The van der Waals surface area contributed by atoms with Crippen LogP contribution in [0, 0.1) is 0 Å². The molecule has 1 atom stereocenters. The molecule has 2 aliphatic heterocycles. The number of halogens is 1. The number of fused-ring (bicyclic) bond motifs is 1. The molecule has 3 heterocycles. The summed E-state index contributed by atoms with van der Waals surface area (Å²) in [5, 5.41) is 0.608. The minimum atomic E-state index is -0.0285. The van der Waals surface area contributed by atoms with E-state index < -0.39 is 0 Å². The summed E-state index contributed by atoms with van der Waals surface area (Å²) in [5.74, 6) is 1.34. The smallest absolute Gasteiger partial charge is 0.272 e. The van der Waals surface area contributed by atoms with Crippen molar-refractivity contribution in [2.24, 2.45) is 0 Å². The molecule has 2 aromatic rings. The van der Waals surface area contributed by atoms with Crippen LogP contribution in [0.2, 0.25) is 0 Å². The van der Waals surface area contributed by atoms with E-state index in [0.717, 1.165) is 58.7 Å². The third-order valence-electron chi connectivity index (χ3n) is 5.49. The number of benzene rings is 1. The van der Waals surface area contributed by atoms with Crippen LogP contribution in [0.3, 0.4) is 0 Å². The Morgan fingerprint density at radius 3 is 2.86 bits per heavy atom. The van der Waals surface area contributed by atoms with Gasteiger partial charge in [-0.15, -0.1) is 11.8 Å². The maximum atomic E-state index is 13.2. The van der Waals surface area contributed by atoms with Crippen LogP contribution in [-0.4, -0.2) is 44.5 Å². The average Bonchev–Trinajstić information content (AvgIpc) is 3.22. The molecular weight excluding hydrogens is 470 g/mol. The average molecular weight is 494 g/mol. The summed E-state index contributed by atoms with van der Waals surface area (Å²) < 4.78 is 2.62. The second-order valence-electron chi connectivity index (χ2n) is 7.32. The van der Waals surface area contributed by atoms with Gasteiger partial charge in [0, 0.05) is 29.2 Å². The van der Waals surface area contributed by atoms with Gasteiger partial charge in [0.05, 0.1) is 22.0 Å². The fourth-order valence-corrected chi connectivity index (χ4v) is 6.17. The highest BCUT2D eigenvalue weighted by atomic mass is 79.9. The number of hydrogen-bond acceptors (Lipinski definition) is 5. The van der Waals surface area contributed by atoms with E-state index >= 15 is 0 Å². The van der Waals surface area contributed by atoms with Gasteiger partial charge in [-0.2, -0.15) is 0 Å². The number of rotatable bonds is 5. The van der Waals surface area contributed by atoms with Gasteiger partial charge in [-0.25, -0.2) is 4.98 Å². The molecule has 0 N–H and O–H groups in total. The van der Waals surface area contributed by atoms with Gasteiger partial charge in [-0.1, -0.05) is 34.6 Å². The highest BCUT2D eigenvalue weighted by Crippen LogP contribution is 2.30. The topological polar surface area (TPSA) is 55.2 Å². The van der Waals surface area contributed by atoms with E-state index in [1.807, 2.05) is 29.2 Å². The Kier molecular flexibility index (Phi) is 6.71. The summed E-state index contributed by atoms with van der Waals surface area (Å²) in [6.45, 7) is 2.99. The Labute approximate surface area is 187 Å². The maximum Gasteiger partial charge on any atom is 0.272 e. The van der Waals surface area contributed by atoms with Gasteiger partial charge >= 0.3 is 0 Å². The van der Waals surface area contributed by atoms with E-state index in [2.05, 4.69) is 22.9 Å². The standard InChI is InChI=1S/C21H24BrN3O2S2/c1-2-15-5-3-4-11-24(15)18(26)13-29-21-23-17-10-12-28-19(17)20(27)25(21)16-8-6-14(22)7-9-16/h6-9,15H,2-5,10-13H2,1H3. The number of carbonyl (C=O) groups excluding carboxylic acids is 1. The van der Waals surface area contributed by atoms with Crippen LogP contribution < -0.4 is 5.56 Å². The maximum absolute atomic E-state index is 13.2. The van der Waals surface area contributed by atoms with Crippen molar-refractivity contribution in [3.05, 3.63) is 44.8 Å². The van der Waals surface area contributed by atoms with E-state index in [1.54, 1.807) is 16.3 Å². The molecule has 1 aromatic carbocycles. The number of hydrogen-bond donors (Lipinski definition) is 0. The quantitative estimate of drug-likeness (QED) is 0.452. The Morgan fingerprint density at radius 1 is 1.31 bits per heavy atom. The first-order valence-corrected chi connectivity index (χ1v) is 12.8. The van der Waals surface area contributed by atoms with Crippen molar-refractivity contribution >= 4 is 45.4 Å². The molecular formula is C21H24BrN3O2S2. The molecule has 5 nitrogen and oxygen atoms in total. The Bertz CT molecular complexity index is 962. The summed E-state index contributed by atoms with van der Waals surface area (Å²) in [6, 6.07) is 7.99. The number of likely N-dealkylation sites (tertiary alicyclic amines) is 1. The summed E-state index contributed by atoms with van der Waals surface area (Å²) in [4.78, 5) is 33.7. The molecule has 0 bridgehead atoms. The predicted octanol–water partition coefficient (Wildman–Crippen LogP) is 4.53. The number of aromatic nitrogens is 2. The van der Waals surface area contributed by atoms with Gasteiger partial charge in [0.25, 0.3) is 5.56 Å². The zero-order valence-corrected chi connectivity index (χ0v) is 19.6. The van der Waals surface area contributed by atoms with Crippen molar-refractivity contribution in [1.29, 1.82) is 0 Å². The first kappa shape index (κ1) is 21.0. The number of amides is 1. The number of piperidine rings is 1. The first-order chi connectivity index (χ1) is 14.1. The van der Waals surface area contributed by atoms with E-state index in [-0.39, 0.29) is 11.5 Å². The fourth-order valence-electron chi connectivity index (χ4n) is 3.97. The van der Waals surface area contributed by atoms with E-state index in [9.17, 15) is 9.59 Å². The number of carbonyl (C=O) groups is 1. The molecule has 1 unspecified atom stereocenters. The van der Waals surface area contributed by atoms with Crippen LogP contribution in [0.5, 0.6) is 0 Å². The molecule has 0 aliphatic carbocycles. The van der Waals surface area contributed by atoms with Crippen LogP contribution >= 0.6 is 39.5 Å². The molecule has 29 heavy (non-hydrogen) atoms. The Hall–Kier alpha value is -1.25. The zero-order chi connectivity index (χ0) is 20.4. The fraction of sp³-hybridized carbons (Fsp3) is 0.476. The lowest BCUT2D eigenvalue weighted by Gasteiger charge is -2.35. The van der Waals surface area contributed by atoms with Gasteiger partial charge in [-0.3, -0.25) is 14.2 Å². The van der Waals surface area contributed by atoms with Gasteiger partial charge < -0.3 is 4.90 Å². The third-order valence-corrected chi connectivity index (χ3v) is 8.05. The lowest BCUT2D eigenvalue weighted by Crippen LogP contribution is -2.44. The number of nitrogens with zero attached hydrogens (tertiary/aromatic N) is 3. The van der Waals surface area contributed by atoms with Gasteiger partial charge in [0.2, 0.25) is 5.91 Å². The monoisotopic (exact) mass is 493 g/mol. The Morgan fingerprint density at radius 2 is 2.10 bits per heavy atom. The molecule has 2 aliphatic rings. The normalized spacial score (nSPS) is 18.7. The third kappa shape index (κ3) is 4.44. The van der Waals surface area contributed by atoms with E-state index in [4.69, 9.17) is 4.98 Å². The minimum absolute atomic E-state index is 0.0285. The molecule has 0 radical (unpaired) electrons. The molecule has 0 spiro atoms. The molecule has 8 heteroatoms. The summed E-state index contributed by atoms with van der Waals surface area (Å²) in [6.07, 6.45) is 5.16. The SMILES string of the molecule is CCC1CCCCN1C(=O)CSc1nc2c(c(=O)n1-c1ccc(Br)cc1)SCC2.